The second kappa shape index (κ2) is 14.1. The molecule has 0 saturated carbocycles. The normalized spacial score (nSPS) is 16.7. The van der Waals surface area contributed by atoms with Gasteiger partial charge < -0.3 is 29.6 Å². The van der Waals surface area contributed by atoms with Gasteiger partial charge in [0.25, 0.3) is 0 Å². The molecule has 2 rings (SSSR count). The van der Waals surface area contributed by atoms with Crippen molar-refractivity contribution < 1.29 is 18.9 Å². The molecule has 7 nitrogen and oxygen atoms in total. The van der Waals surface area contributed by atoms with Crippen molar-refractivity contribution >= 4 is 5.96 Å². The van der Waals surface area contributed by atoms with Gasteiger partial charge in [-0.05, 0) is 57.7 Å². The topological polar surface area (TPSA) is 73.3 Å². The van der Waals surface area contributed by atoms with Crippen LogP contribution in [0.3, 0.4) is 0 Å². The van der Waals surface area contributed by atoms with Crippen LogP contribution in [0, 0.1) is 0 Å². The number of hydrogen-bond acceptors (Lipinski definition) is 5. The lowest BCUT2D eigenvalue weighted by Gasteiger charge is -2.14. The first kappa shape index (κ1) is 23.3. The minimum atomic E-state index is 0.265. The van der Waals surface area contributed by atoms with E-state index in [9.17, 15) is 0 Å². The molecule has 1 unspecified atom stereocenters. The molecule has 1 heterocycles. The highest BCUT2D eigenvalue weighted by Gasteiger charge is 2.15. The van der Waals surface area contributed by atoms with Crippen LogP contribution in [-0.2, 0) is 15.9 Å². The maximum Gasteiger partial charge on any atom is 0.191 e. The Balaban J connectivity index is 1.75. The molecule has 1 aromatic carbocycles. The van der Waals surface area contributed by atoms with Crippen molar-refractivity contribution in [2.45, 2.75) is 46.1 Å². The summed E-state index contributed by atoms with van der Waals surface area (Å²) < 4.78 is 22.4. The van der Waals surface area contributed by atoms with Gasteiger partial charge in [0.15, 0.2) is 17.5 Å². The average Bonchev–Trinajstić information content (AvgIpc) is 3.23. The molecular formula is C22H37N3O4. The van der Waals surface area contributed by atoms with Gasteiger partial charge in [-0.15, -0.1) is 0 Å². The van der Waals surface area contributed by atoms with E-state index in [2.05, 4.69) is 34.7 Å². The van der Waals surface area contributed by atoms with Crippen LogP contribution in [0.2, 0.25) is 0 Å². The fourth-order valence-corrected chi connectivity index (χ4v) is 3.07. The first-order chi connectivity index (χ1) is 14.3. The molecule has 29 heavy (non-hydrogen) atoms. The molecule has 1 fully saturated rings. The van der Waals surface area contributed by atoms with Crippen molar-refractivity contribution in [3.05, 3.63) is 23.8 Å². The van der Waals surface area contributed by atoms with Crippen molar-refractivity contribution in [1.29, 1.82) is 0 Å². The molecule has 7 heteroatoms. The predicted molar refractivity (Wildman–Crippen MR) is 116 cm³/mol. The van der Waals surface area contributed by atoms with Crippen molar-refractivity contribution in [2.24, 2.45) is 4.99 Å². The Kier molecular flexibility index (Phi) is 11.3. The molecule has 1 aliphatic heterocycles. The highest BCUT2D eigenvalue weighted by molar-refractivity contribution is 5.79. The van der Waals surface area contributed by atoms with E-state index in [4.69, 9.17) is 18.9 Å². The Morgan fingerprint density at radius 1 is 1.14 bits per heavy atom. The van der Waals surface area contributed by atoms with Crippen molar-refractivity contribution in [3.8, 4) is 11.5 Å². The molecule has 0 bridgehead atoms. The molecule has 1 aliphatic rings. The number of benzene rings is 1. The summed E-state index contributed by atoms with van der Waals surface area (Å²) >= 11 is 0. The molecule has 1 aromatic rings. The molecular weight excluding hydrogens is 370 g/mol. The van der Waals surface area contributed by atoms with Crippen LogP contribution in [0.4, 0.5) is 0 Å². The first-order valence-electron chi connectivity index (χ1n) is 10.9. The van der Waals surface area contributed by atoms with Crippen LogP contribution in [0.15, 0.2) is 23.2 Å². The smallest absolute Gasteiger partial charge is 0.191 e. The summed E-state index contributed by atoms with van der Waals surface area (Å²) in [6.45, 7) is 11.9. The van der Waals surface area contributed by atoms with Gasteiger partial charge in [-0.25, -0.2) is 0 Å². The molecule has 164 valence electrons. The highest BCUT2D eigenvalue weighted by atomic mass is 16.5. The number of aliphatic imine (C=N–C) groups is 1. The lowest BCUT2D eigenvalue weighted by atomic mass is 10.1. The molecule has 0 spiro atoms. The molecule has 1 atom stereocenters. The average molecular weight is 408 g/mol. The van der Waals surface area contributed by atoms with Gasteiger partial charge in [0, 0.05) is 32.8 Å². The second-order valence-corrected chi connectivity index (χ2v) is 6.79. The van der Waals surface area contributed by atoms with Crippen LogP contribution < -0.4 is 20.1 Å². The van der Waals surface area contributed by atoms with E-state index in [1.54, 1.807) is 0 Å². The maximum absolute atomic E-state index is 5.78. The van der Waals surface area contributed by atoms with E-state index in [1.165, 1.54) is 5.56 Å². The fraction of sp³-hybridized carbons (Fsp3) is 0.682. The summed E-state index contributed by atoms with van der Waals surface area (Å²) in [5.41, 5.74) is 1.20. The highest BCUT2D eigenvalue weighted by Crippen LogP contribution is 2.28. The SMILES string of the molecule is CCNC(=NCCCOC1CCOC1)NCCc1ccc(OCC)c(OCC)c1. The van der Waals surface area contributed by atoms with Gasteiger partial charge in [0.05, 0.1) is 25.9 Å². The zero-order chi connectivity index (χ0) is 20.7. The Bertz CT molecular complexity index is 604. The molecule has 0 aromatic heterocycles. The number of rotatable bonds is 13. The van der Waals surface area contributed by atoms with E-state index < -0.39 is 0 Å². The third kappa shape index (κ3) is 8.92. The van der Waals surface area contributed by atoms with Crippen molar-refractivity contribution in [2.75, 3.05) is 52.7 Å². The van der Waals surface area contributed by atoms with Gasteiger partial charge in [-0.3, -0.25) is 4.99 Å². The van der Waals surface area contributed by atoms with Crippen LogP contribution in [0.1, 0.15) is 39.2 Å². The fourth-order valence-electron chi connectivity index (χ4n) is 3.07. The van der Waals surface area contributed by atoms with E-state index in [1.807, 2.05) is 19.9 Å². The lowest BCUT2D eigenvalue weighted by molar-refractivity contribution is 0.0424. The third-order valence-corrected chi connectivity index (χ3v) is 4.47. The van der Waals surface area contributed by atoms with Crippen molar-refractivity contribution in [1.82, 2.24) is 10.6 Å². The van der Waals surface area contributed by atoms with Gasteiger partial charge in [0.1, 0.15) is 0 Å². The van der Waals surface area contributed by atoms with Gasteiger partial charge in [0.2, 0.25) is 0 Å². The Morgan fingerprint density at radius 2 is 1.97 bits per heavy atom. The zero-order valence-electron chi connectivity index (χ0n) is 18.2. The molecule has 1 saturated heterocycles. The van der Waals surface area contributed by atoms with E-state index >= 15 is 0 Å². The van der Waals surface area contributed by atoms with Crippen LogP contribution in [-0.4, -0.2) is 64.7 Å². The third-order valence-electron chi connectivity index (χ3n) is 4.47. The number of nitrogens with zero attached hydrogens (tertiary/aromatic N) is 1. The minimum absolute atomic E-state index is 0.265. The summed E-state index contributed by atoms with van der Waals surface area (Å²) in [4.78, 5) is 4.63. The Labute approximate surface area is 175 Å². The van der Waals surface area contributed by atoms with Crippen LogP contribution >= 0.6 is 0 Å². The van der Waals surface area contributed by atoms with Crippen molar-refractivity contribution in [3.63, 3.8) is 0 Å². The summed E-state index contributed by atoms with van der Waals surface area (Å²) in [5.74, 6) is 2.44. The van der Waals surface area contributed by atoms with E-state index in [-0.39, 0.29) is 6.10 Å². The maximum atomic E-state index is 5.78. The molecule has 0 amide bonds. The van der Waals surface area contributed by atoms with Gasteiger partial charge >= 0.3 is 0 Å². The second-order valence-electron chi connectivity index (χ2n) is 6.79. The van der Waals surface area contributed by atoms with Gasteiger partial charge in [-0.2, -0.15) is 0 Å². The van der Waals surface area contributed by atoms with Crippen LogP contribution in [0.25, 0.3) is 0 Å². The summed E-state index contributed by atoms with van der Waals surface area (Å²) in [6.07, 6.45) is 3.05. The summed E-state index contributed by atoms with van der Waals surface area (Å²) in [6, 6.07) is 6.13. The monoisotopic (exact) mass is 407 g/mol. The summed E-state index contributed by atoms with van der Waals surface area (Å²) in [5, 5.41) is 6.69. The Morgan fingerprint density at radius 3 is 2.69 bits per heavy atom. The summed E-state index contributed by atoms with van der Waals surface area (Å²) in [7, 11) is 0. The first-order valence-corrected chi connectivity index (χ1v) is 10.9. The zero-order valence-corrected chi connectivity index (χ0v) is 18.2. The van der Waals surface area contributed by atoms with Gasteiger partial charge in [-0.1, -0.05) is 6.07 Å². The number of hydrogen-bond donors (Lipinski definition) is 2. The lowest BCUT2D eigenvalue weighted by Crippen LogP contribution is -2.38. The molecule has 0 radical (unpaired) electrons. The Hall–Kier alpha value is -1.99. The number of guanidine groups is 1. The molecule has 0 aliphatic carbocycles. The van der Waals surface area contributed by atoms with E-state index in [0.717, 1.165) is 76.2 Å². The minimum Gasteiger partial charge on any atom is -0.490 e. The number of nitrogens with one attached hydrogen (secondary N) is 2. The predicted octanol–water partition coefficient (Wildman–Crippen LogP) is 2.78. The number of ether oxygens (including phenoxy) is 4. The molecule has 2 N–H and O–H groups in total. The largest absolute Gasteiger partial charge is 0.490 e. The standard InChI is InChI=1S/C22H37N3O4/c1-4-23-22(24-12-7-14-29-19-11-15-26-17-19)25-13-10-18-8-9-20(27-5-2)21(16-18)28-6-3/h8-9,16,19H,4-7,10-15,17H2,1-3H3,(H2,23,24,25). The van der Waals surface area contributed by atoms with Crippen LogP contribution in [0.5, 0.6) is 11.5 Å². The van der Waals surface area contributed by atoms with E-state index in [0.29, 0.717) is 13.2 Å². The quantitative estimate of drug-likeness (QED) is 0.298.